The second-order valence-electron chi connectivity index (χ2n) is 4.03. The van der Waals surface area contributed by atoms with Gasteiger partial charge < -0.3 is 11.1 Å². The first-order valence-corrected chi connectivity index (χ1v) is 6.40. The SMILES string of the molecule is Cc1ccsc1CNc1ccc(N)cc1C(F)F. The second-order valence-corrected chi connectivity index (χ2v) is 5.03. The summed E-state index contributed by atoms with van der Waals surface area (Å²) in [5, 5.41) is 5.03. The molecule has 0 unspecified atom stereocenters. The van der Waals surface area contributed by atoms with Crippen LogP contribution in [0.15, 0.2) is 29.6 Å². The lowest BCUT2D eigenvalue weighted by molar-refractivity contribution is 0.152. The Bertz CT molecular complexity index is 538. The lowest BCUT2D eigenvalue weighted by atomic mass is 10.1. The fourth-order valence-corrected chi connectivity index (χ4v) is 2.53. The highest BCUT2D eigenvalue weighted by Gasteiger charge is 2.13. The molecular weight excluding hydrogens is 254 g/mol. The molecule has 96 valence electrons. The minimum absolute atomic E-state index is 0.0517. The standard InChI is InChI=1S/C13H14F2N2S/c1-8-4-5-18-12(8)7-17-11-3-2-9(16)6-10(11)13(14)15/h2-6,13,17H,7,16H2,1H3. The van der Waals surface area contributed by atoms with Crippen molar-refractivity contribution in [1.82, 2.24) is 0 Å². The van der Waals surface area contributed by atoms with E-state index < -0.39 is 6.43 Å². The number of thiophene rings is 1. The maximum atomic E-state index is 12.9. The minimum atomic E-state index is -2.53. The van der Waals surface area contributed by atoms with Crippen LogP contribution in [0.3, 0.4) is 0 Å². The molecule has 1 heterocycles. The molecule has 2 nitrogen and oxygen atoms in total. The Labute approximate surface area is 108 Å². The Morgan fingerprint density at radius 1 is 1.33 bits per heavy atom. The zero-order valence-corrected chi connectivity index (χ0v) is 10.7. The third-order valence-electron chi connectivity index (χ3n) is 2.72. The van der Waals surface area contributed by atoms with Gasteiger partial charge in [0.1, 0.15) is 0 Å². The number of rotatable bonds is 4. The van der Waals surface area contributed by atoms with Crippen molar-refractivity contribution in [2.24, 2.45) is 0 Å². The van der Waals surface area contributed by atoms with Gasteiger partial charge in [0, 0.05) is 28.4 Å². The van der Waals surface area contributed by atoms with E-state index in [-0.39, 0.29) is 5.56 Å². The molecule has 5 heteroatoms. The number of halogens is 2. The Kier molecular flexibility index (Phi) is 3.81. The van der Waals surface area contributed by atoms with Crippen molar-refractivity contribution in [3.05, 3.63) is 45.6 Å². The summed E-state index contributed by atoms with van der Waals surface area (Å²) < 4.78 is 25.7. The van der Waals surface area contributed by atoms with Gasteiger partial charge in [-0.2, -0.15) is 0 Å². The van der Waals surface area contributed by atoms with Crippen LogP contribution in [0.25, 0.3) is 0 Å². The van der Waals surface area contributed by atoms with Crippen LogP contribution in [-0.2, 0) is 6.54 Å². The summed E-state index contributed by atoms with van der Waals surface area (Å²) in [7, 11) is 0. The fourth-order valence-electron chi connectivity index (χ4n) is 1.68. The second kappa shape index (κ2) is 5.35. The number of nitrogens with one attached hydrogen (secondary N) is 1. The van der Waals surface area contributed by atoms with Gasteiger partial charge in [-0.1, -0.05) is 0 Å². The first-order valence-electron chi connectivity index (χ1n) is 5.52. The Balaban J connectivity index is 2.16. The predicted octanol–water partition coefficient (Wildman–Crippen LogP) is 4.19. The molecular formula is C13H14F2N2S. The molecule has 0 saturated carbocycles. The molecule has 0 aliphatic rings. The summed E-state index contributed by atoms with van der Waals surface area (Å²) in [6.07, 6.45) is -2.53. The lowest BCUT2D eigenvalue weighted by Crippen LogP contribution is -2.03. The predicted molar refractivity (Wildman–Crippen MR) is 72.2 cm³/mol. The van der Waals surface area contributed by atoms with Crippen molar-refractivity contribution in [3.8, 4) is 0 Å². The highest BCUT2D eigenvalue weighted by Crippen LogP contribution is 2.29. The fraction of sp³-hybridized carbons (Fsp3) is 0.231. The van der Waals surface area contributed by atoms with Gasteiger partial charge in [-0.05, 0) is 42.1 Å². The Morgan fingerprint density at radius 2 is 2.11 bits per heavy atom. The third-order valence-corrected chi connectivity index (χ3v) is 3.74. The normalized spacial score (nSPS) is 10.9. The average molecular weight is 268 g/mol. The smallest absolute Gasteiger partial charge is 0.265 e. The summed E-state index contributed by atoms with van der Waals surface area (Å²) in [4.78, 5) is 1.15. The van der Waals surface area contributed by atoms with Gasteiger partial charge in [0.2, 0.25) is 0 Å². The van der Waals surface area contributed by atoms with Crippen molar-refractivity contribution in [1.29, 1.82) is 0 Å². The number of hydrogen-bond acceptors (Lipinski definition) is 3. The number of nitrogens with two attached hydrogens (primary N) is 1. The molecule has 1 aromatic carbocycles. The van der Waals surface area contributed by atoms with E-state index in [4.69, 9.17) is 5.73 Å². The molecule has 2 rings (SSSR count). The van der Waals surface area contributed by atoms with Crippen molar-refractivity contribution >= 4 is 22.7 Å². The molecule has 1 aromatic heterocycles. The van der Waals surface area contributed by atoms with E-state index in [1.165, 1.54) is 11.6 Å². The number of alkyl halides is 2. The molecule has 2 aromatic rings. The van der Waals surface area contributed by atoms with Crippen LogP contribution in [0.5, 0.6) is 0 Å². The maximum Gasteiger partial charge on any atom is 0.265 e. The molecule has 0 atom stereocenters. The molecule has 0 fully saturated rings. The number of benzene rings is 1. The molecule has 0 aliphatic carbocycles. The largest absolute Gasteiger partial charge is 0.399 e. The van der Waals surface area contributed by atoms with Gasteiger partial charge in [-0.15, -0.1) is 11.3 Å². The summed E-state index contributed by atoms with van der Waals surface area (Å²) >= 11 is 1.61. The van der Waals surface area contributed by atoms with E-state index in [9.17, 15) is 8.78 Å². The Hall–Kier alpha value is -1.62. The van der Waals surface area contributed by atoms with E-state index in [2.05, 4.69) is 5.32 Å². The lowest BCUT2D eigenvalue weighted by Gasteiger charge is -2.12. The highest BCUT2D eigenvalue weighted by molar-refractivity contribution is 7.10. The third kappa shape index (κ3) is 2.79. The first-order chi connectivity index (χ1) is 8.58. The topological polar surface area (TPSA) is 38.0 Å². The minimum Gasteiger partial charge on any atom is -0.399 e. The van der Waals surface area contributed by atoms with Crippen molar-refractivity contribution in [2.75, 3.05) is 11.1 Å². The zero-order valence-electron chi connectivity index (χ0n) is 9.91. The highest BCUT2D eigenvalue weighted by atomic mass is 32.1. The van der Waals surface area contributed by atoms with Crippen LogP contribution < -0.4 is 11.1 Å². The van der Waals surface area contributed by atoms with Gasteiger partial charge in [-0.3, -0.25) is 0 Å². The van der Waals surface area contributed by atoms with Crippen LogP contribution in [0.4, 0.5) is 20.2 Å². The molecule has 3 N–H and O–H groups in total. The summed E-state index contributed by atoms with van der Waals surface area (Å²) in [5.74, 6) is 0. The van der Waals surface area contributed by atoms with E-state index in [1.807, 2.05) is 18.4 Å². The van der Waals surface area contributed by atoms with E-state index in [1.54, 1.807) is 23.5 Å². The van der Waals surface area contributed by atoms with Gasteiger partial charge in [0.25, 0.3) is 6.43 Å². The van der Waals surface area contributed by atoms with E-state index in [0.29, 0.717) is 17.9 Å². The van der Waals surface area contributed by atoms with Crippen molar-refractivity contribution < 1.29 is 8.78 Å². The first kappa shape index (κ1) is 12.8. The van der Waals surface area contributed by atoms with Crippen LogP contribution in [-0.4, -0.2) is 0 Å². The summed E-state index contributed by atoms with van der Waals surface area (Å²) in [6.45, 7) is 2.55. The average Bonchev–Trinajstić information content (AvgIpc) is 2.73. The Morgan fingerprint density at radius 3 is 2.72 bits per heavy atom. The summed E-state index contributed by atoms with van der Waals surface area (Å²) in [6, 6.07) is 6.54. The monoisotopic (exact) mass is 268 g/mol. The molecule has 0 bridgehead atoms. The molecule has 0 spiro atoms. The summed E-state index contributed by atoms with van der Waals surface area (Å²) in [5.41, 5.74) is 7.42. The van der Waals surface area contributed by atoms with Crippen LogP contribution >= 0.6 is 11.3 Å². The van der Waals surface area contributed by atoms with Crippen LogP contribution in [0.2, 0.25) is 0 Å². The van der Waals surface area contributed by atoms with Crippen molar-refractivity contribution in [3.63, 3.8) is 0 Å². The molecule has 0 amide bonds. The van der Waals surface area contributed by atoms with Crippen molar-refractivity contribution in [2.45, 2.75) is 19.9 Å². The molecule has 0 radical (unpaired) electrons. The van der Waals surface area contributed by atoms with Gasteiger partial charge in [-0.25, -0.2) is 8.78 Å². The molecule has 0 saturated heterocycles. The number of aryl methyl sites for hydroxylation is 1. The number of nitrogen functional groups attached to an aromatic ring is 1. The zero-order chi connectivity index (χ0) is 13.1. The quantitative estimate of drug-likeness (QED) is 0.816. The van der Waals surface area contributed by atoms with Gasteiger partial charge >= 0.3 is 0 Å². The van der Waals surface area contributed by atoms with Gasteiger partial charge in [0.15, 0.2) is 0 Å². The van der Waals surface area contributed by atoms with Crippen LogP contribution in [0, 0.1) is 6.92 Å². The van der Waals surface area contributed by atoms with Crippen LogP contribution in [0.1, 0.15) is 22.4 Å². The molecule has 18 heavy (non-hydrogen) atoms. The molecule has 0 aliphatic heterocycles. The maximum absolute atomic E-state index is 12.9. The number of hydrogen-bond donors (Lipinski definition) is 2. The van der Waals surface area contributed by atoms with E-state index in [0.717, 1.165) is 4.88 Å². The van der Waals surface area contributed by atoms with E-state index >= 15 is 0 Å². The number of anilines is 2. The van der Waals surface area contributed by atoms with Gasteiger partial charge in [0.05, 0.1) is 0 Å².